The second kappa shape index (κ2) is 13.1. The normalized spacial score (nSPS) is 15.6. The van der Waals surface area contributed by atoms with E-state index in [-0.39, 0.29) is 64.0 Å². The average Bonchev–Trinajstić information content (AvgIpc) is 3.24. The van der Waals surface area contributed by atoms with Gasteiger partial charge in [-0.1, -0.05) is 37.6 Å². The van der Waals surface area contributed by atoms with E-state index in [1.807, 2.05) is 20.8 Å². The molecule has 0 unspecified atom stereocenters. The number of hydrogen-bond donors (Lipinski definition) is 2. The van der Waals surface area contributed by atoms with Crippen molar-refractivity contribution < 1.29 is 70.9 Å². The SMILES string of the molecule is CCC1=NN(CONC)C(=O)C1=CC=C(C)C=Cc1c(CC)nn(C(=O)NC)c1[O-].[K+]. The van der Waals surface area contributed by atoms with Crippen LogP contribution in [0.1, 0.15) is 38.4 Å². The average molecular weight is 455 g/mol. The minimum atomic E-state index is -0.579. The summed E-state index contributed by atoms with van der Waals surface area (Å²) in [6.45, 7) is 5.64. The van der Waals surface area contributed by atoms with Crippen LogP contribution in [-0.2, 0) is 16.1 Å². The van der Waals surface area contributed by atoms with Gasteiger partial charge in [-0.25, -0.2) is 15.3 Å². The maximum absolute atomic E-state index is 12.5. The summed E-state index contributed by atoms with van der Waals surface area (Å²) in [5.41, 5.74) is 5.40. The van der Waals surface area contributed by atoms with Gasteiger partial charge in [0, 0.05) is 25.5 Å². The van der Waals surface area contributed by atoms with Gasteiger partial charge in [-0.15, -0.1) is 0 Å². The number of hydrogen-bond acceptors (Lipinski definition) is 7. The number of aryl methyl sites for hydroxylation is 1. The minimum Gasteiger partial charge on any atom is -0.858 e. The summed E-state index contributed by atoms with van der Waals surface area (Å²) >= 11 is 0. The molecule has 2 rings (SSSR count). The number of hydrazone groups is 1. The van der Waals surface area contributed by atoms with Crippen molar-refractivity contribution in [2.75, 3.05) is 20.8 Å². The van der Waals surface area contributed by atoms with E-state index >= 15 is 0 Å². The van der Waals surface area contributed by atoms with E-state index < -0.39 is 11.9 Å². The summed E-state index contributed by atoms with van der Waals surface area (Å²) < 4.78 is 0.822. The molecule has 1 aliphatic heterocycles. The van der Waals surface area contributed by atoms with E-state index in [0.717, 1.165) is 10.3 Å². The van der Waals surface area contributed by atoms with E-state index in [9.17, 15) is 14.7 Å². The van der Waals surface area contributed by atoms with E-state index in [2.05, 4.69) is 21.0 Å². The molecule has 31 heavy (non-hydrogen) atoms. The number of nitrogens with zero attached hydrogens (tertiary/aromatic N) is 4. The smallest absolute Gasteiger partial charge is 0.858 e. The van der Waals surface area contributed by atoms with Crippen LogP contribution in [0.3, 0.4) is 0 Å². The maximum Gasteiger partial charge on any atom is 1.00 e. The molecular formula is C20H27KN6O4. The van der Waals surface area contributed by atoms with Gasteiger partial charge in [-0.3, -0.25) is 9.63 Å². The number of hydroxylamine groups is 1. The van der Waals surface area contributed by atoms with Gasteiger partial charge in [0.2, 0.25) is 0 Å². The number of carbonyl (C=O) groups is 2. The minimum absolute atomic E-state index is 0. The zero-order chi connectivity index (χ0) is 22.3. The standard InChI is InChI=1S/C20H28N6O4.K/c1-6-16-14(18(27)25(23-16)12-30-22-5)10-8-13(3)9-11-15-17(7-2)24-26(19(15)28)20(29)21-4;/h8-11,22,28H,6-7,12H2,1-5H3,(H,21,29);/q;+1/p-1. The Labute approximate surface area is 224 Å². The van der Waals surface area contributed by atoms with Crippen LogP contribution in [0, 0.1) is 0 Å². The first-order chi connectivity index (χ1) is 14.4. The second-order valence-corrected chi connectivity index (χ2v) is 6.39. The molecule has 0 aromatic carbocycles. The van der Waals surface area contributed by atoms with Crippen molar-refractivity contribution in [3.05, 3.63) is 40.6 Å². The van der Waals surface area contributed by atoms with Crippen molar-refractivity contribution in [2.24, 2.45) is 5.10 Å². The summed E-state index contributed by atoms with van der Waals surface area (Å²) in [5, 5.41) is 24.4. The molecule has 0 aliphatic carbocycles. The Hall–Kier alpha value is -1.60. The van der Waals surface area contributed by atoms with Crippen molar-refractivity contribution in [3.63, 3.8) is 0 Å². The fourth-order valence-electron chi connectivity index (χ4n) is 2.76. The Balaban J connectivity index is 0.00000480. The van der Waals surface area contributed by atoms with Crippen LogP contribution in [0.25, 0.3) is 6.08 Å². The maximum atomic E-state index is 12.5. The predicted octanol–water partition coefficient (Wildman–Crippen LogP) is -1.69. The number of aromatic nitrogens is 2. The fourth-order valence-corrected chi connectivity index (χ4v) is 2.76. The molecule has 1 aliphatic rings. The van der Waals surface area contributed by atoms with Crippen molar-refractivity contribution >= 4 is 23.7 Å². The Bertz CT molecular complexity index is 932. The molecular weight excluding hydrogens is 427 g/mol. The van der Waals surface area contributed by atoms with Gasteiger partial charge in [-0.2, -0.15) is 14.9 Å². The number of nitrogens with one attached hydrogen (secondary N) is 2. The van der Waals surface area contributed by atoms with Gasteiger partial charge in [0.05, 0.1) is 17.0 Å². The predicted molar refractivity (Wildman–Crippen MR) is 111 cm³/mol. The van der Waals surface area contributed by atoms with Crippen molar-refractivity contribution in [3.8, 4) is 5.88 Å². The molecule has 2 heterocycles. The van der Waals surface area contributed by atoms with E-state index in [0.29, 0.717) is 35.4 Å². The largest absolute Gasteiger partial charge is 1.00 e. The quantitative estimate of drug-likeness (QED) is 0.209. The Morgan fingerprint density at radius 2 is 1.97 bits per heavy atom. The second-order valence-electron chi connectivity index (χ2n) is 6.39. The summed E-state index contributed by atoms with van der Waals surface area (Å²) in [7, 11) is 3.05. The van der Waals surface area contributed by atoms with Crippen LogP contribution < -0.4 is 67.3 Å². The molecule has 0 radical (unpaired) electrons. The molecule has 162 valence electrons. The van der Waals surface area contributed by atoms with Gasteiger partial charge in [-0.05, 0) is 25.8 Å². The molecule has 0 spiro atoms. The number of carbonyl (C=O) groups excluding carboxylic acids is 2. The molecule has 0 bridgehead atoms. The monoisotopic (exact) mass is 454 g/mol. The molecule has 2 amide bonds. The van der Waals surface area contributed by atoms with Crippen LogP contribution in [0.2, 0.25) is 0 Å². The van der Waals surface area contributed by atoms with Crippen LogP contribution in [0.15, 0.2) is 34.5 Å². The van der Waals surface area contributed by atoms with Crippen LogP contribution in [-0.4, -0.2) is 53.3 Å². The van der Waals surface area contributed by atoms with Crippen molar-refractivity contribution in [1.29, 1.82) is 0 Å². The van der Waals surface area contributed by atoms with Crippen LogP contribution in [0.5, 0.6) is 5.88 Å². The molecule has 10 nitrogen and oxygen atoms in total. The molecule has 2 N–H and O–H groups in total. The Morgan fingerprint density at radius 1 is 1.26 bits per heavy atom. The van der Waals surface area contributed by atoms with E-state index in [1.54, 1.807) is 31.4 Å². The third-order valence-electron chi connectivity index (χ3n) is 4.40. The van der Waals surface area contributed by atoms with Gasteiger partial charge < -0.3 is 10.4 Å². The first-order valence-electron chi connectivity index (χ1n) is 9.63. The third-order valence-corrected chi connectivity index (χ3v) is 4.40. The Morgan fingerprint density at radius 3 is 2.55 bits per heavy atom. The van der Waals surface area contributed by atoms with Crippen LogP contribution in [0.4, 0.5) is 4.79 Å². The third kappa shape index (κ3) is 6.69. The van der Waals surface area contributed by atoms with Gasteiger partial charge >= 0.3 is 57.4 Å². The number of rotatable bonds is 8. The molecule has 0 saturated heterocycles. The Kier molecular flexibility index (Phi) is 11.6. The summed E-state index contributed by atoms with van der Waals surface area (Å²) in [5.74, 6) is -0.711. The molecule has 1 aromatic rings. The van der Waals surface area contributed by atoms with Gasteiger partial charge in [0.25, 0.3) is 5.91 Å². The zero-order valence-electron chi connectivity index (χ0n) is 18.9. The van der Waals surface area contributed by atoms with Crippen molar-refractivity contribution in [2.45, 2.75) is 33.6 Å². The van der Waals surface area contributed by atoms with Gasteiger partial charge in [0.1, 0.15) is 0 Å². The van der Waals surface area contributed by atoms with Gasteiger partial charge in [0.15, 0.2) is 6.73 Å². The van der Waals surface area contributed by atoms with Crippen molar-refractivity contribution in [1.82, 2.24) is 25.6 Å². The number of allylic oxidation sites excluding steroid dienone is 4. The van der Waals surface area contributed by atoms with Crippen LogP contribution >= 0.6 is 0 Å². The zero-order valence-corrected chi connectivity index (χ0v) is 22.0. The molecule has 0 atom stereocenters. The van der Waals surface area contributed by atoms with E-state index in [1.165, 1.54) is 12.1 Å². The fraction of sp³-hybridized carbons (Fsp3) is 0.400. The molecule has 0 fully saturated rings. The topological polar surface area (TPSA) is 124 Å². The first-order valence-corrected chi connectivity index (χ1v) is 9.63. The molecule has 0 saturated carbocycles. The first kappa shape index (κ1) is 27.4. The number of amides is 2. The molecule has 1 aromatic heterocycles. The summed E-state index contributed by atoms with van der Waals surface area (Å²) in [6, 6.07) is -0.579. The molecule has 11 heteroatoms. The summed E-state index contributed by atoms with van der Waals surface area (Å²) in [6.07, 6.45) is 7.98. The van der Waals surface area contributed by atoms with E-state index in [4.69, 9.17) is 4.84 Å². The summed E-state index contributed by atoms with van der Waals surface area (Å²) in [4.78, 5) is 29.3.